The number of rotatable bonds is 34. The van der Waals surface area contributed by atoms with Crippen LogP contribution in [0.5, 0.6) is 0 Å². The van der Waals surface area contributed by atoms with Crippen LogP contribution < -0.4 is 5.43 Å². The third-order valence-corrected chi connectivity index (χ3v) is 8.86. The van der Waals surface area contributed by atoms with Crippen molar-refractivity contribution in [1.82, 2.24) is 5.43 Å². The molecule has 1 unspecified atom stereocenters. The number of likely N-dealkylation sites (N-methyl/N-ethyl adjacent to an activating group) is 1. The minimum Gasteiger partial charge on any atom is -0.461 e. The fraction of sp³-hybridized carbons (Fsp3) is 0.947. The van der Waals surface area contributed by atoms with Gasteiger partial charge in [0.25, 0.3) is 5.91 Å². The molecular formula is C38H77N2O3+. The van der Waals surface area contributed by atoms with Crippen molar-refractivity contribution in [3.63, 3.8) is 0 Å². The van der Waals surface area contributed by atoms with Gasteiger partial charge < -0.3 is 4.74 Å². The second-order valence-electron chi connectivity index (χ2n) is 13.6. The van der Waals surface area contributed by atoms with Gasteiger partial charge in [-0.05, 0) is 19.3 Å². The standard InChI is InChI=1S/C38H76N2O3/c1-5-8-10-12-14-16-18-20-21-22-23-25-27-29-31-33-37(41)39-40(4,34-7-3)36-38(42)43-35-32-30-28-26-24-19-17-15-13-11-9-6-2/h5-36H2,1-4H3/p+1. The Hall–Kier alpha value is -1.10. The van der Waals surface area contributed by atoms with E-state index in [1.54, 1.807) is 0 Å². The van der Waals surface area contributed by atoms with Crippen LogP contribution >= 0.6 is 0 Å². The average molecular weight is 610 g/mol. The third kappa shape index (κ3) is 30.7. The highest BCUT2D eigenvalue weighted by atomic mass is 16.5. The zero-order valence-electron chi connectivity index (χ0n) is 29.8. The number of hydrogen-bond acceptors (Lipinski definition) is 3. The molecule has 5 nitrogen and oxygen atoms in total. The lowest BCUT2D eigenvalue weighted by Crippen LogP contribution is -2.60. The Morgan fingerprint density at radius 2 is 0.837 bits per heavy atom. The average Bonchev–Trinajstić information content (AvgIpc) is 2.97. The highest BCUT2D eigenvalue weighted by molar-refractivity contribution is 5.75. The minimum atomic E-state index is -0.203. The van der Waals surface area contributed by atoms with E-state index in [0.29, 0.717) is 13.0 Å². The number of amides is 1. The van der Waals surface area contributed by atoms with E-state index >= 15 is 0 Å². The molecule has 0 saturated carbocycles. The highest BCUT2D eigenvalue weighted by Crippen LogP contribution is 2.15. The number of carbonyl (C=O) groups excluding carboxylic acids is 2. The second-order valence-corrected chi connectivity index (χ2v) is 13.6. The molecule has 0 aromatic rings. The maximum atomic E-state index is 12.7. The topological polar surface area (TPSA) is 55.4 Å². The number of nitrogens with one attached hydrogen (secondary N) is 1. The van der Waals surface area contributed by atoms with Crippen LogP contribution in [0, 0.1) is 0 Å². The van der Waals surface area contributed by atoms with E-state index in [2.05, 4.69) is 26.2 Å². The summed E-state index contributed by atoms with van der Waals surface area (Å²) < 4.78 is 5.78. The summed E-state index contributed by atoms with van der Waals surface area (Å²) in [5, 5.41) is 0. The molecular weight excluding hydrogens is 532 g/mol. The second kappa shape index (κ2) is 32.3. The SMILES string of the molecule is CCCCCCCCCCCCCCCCCC(=O)N[N+](C)(CCC)CC(=O)OCCCCCCCCCCCCCC. The van der Waals surface area contributed by atoms with Crippen LogP contribution in [-0.4, -0.2) is 43.2 Å². The first-order chi connectivity index (χ1) is 21.0. The van der Waals surface area contributed by atoms with Crippen molar-refractivity contribution >= 4 is 11.9 Å². The lowest BCUT2D eigenvalue weighted by molar-refractivity contribution is -0.936. The van der Waals surface area contributed by atoms with Crippen LogP contribution in [0.1, 0.15) is 207 Å². The molecule has 0 aromatic carbocycles. The van der Waals surface area contributed by atoms with Crippen molar-refractivity contribution < 1.29 is 18.9 Å². The molecule has 0 fully saturated rings. The number of quaternary nitrogens is 1. The molecule has 0 bridgehead atoms. The van der Waals surface area contributed by atoms with Crippen molar-refractivity contribution in [2.75, 3.05) is 26.7 Å². The summed E-state index contributed by atoms with van der Waals surface area (Å²) in [7, 11) is 1.94. The van der Waals surface area contributed by atoms with E-state index in [4.69, 9.17) is 4.74 Å². The summed E-state index contributed by atoms with van der Waals surface area (Å²) in [6.45, 7) is 8.08. The fourth-order valence-electron chi connectivity index (χ4n) is 6.14. The van der Waals surface area contributed by atoms with E-state index in [9.17, 15) is 9.59 Å². The quantitative estimate of drug-likeness (QED) is 0.0342. The van der Waals surface area contributed by atoms with E-state index in [1.165, 1.54) is 148 Å². The fourth-order valence-corrected chi connectivity index (χ4v) is 6.14. The largest absolute Gasteiger partial charge is 0.461 e. The van der Waals surface area contributed by atoms with Gasteiger partial charge in [0.05, 0.1) is 13.7 Å². The van der Waals surface area contributed by atoms with Crippen LogP contribution in [0.2, 0.25) is 0 Å². The Morgan fingerprint density at radius 1 is 0.488 bits per heavy atom. The van der Waals surface area contributed by atoms with E-state index in [0.717, 1.165) is 38.6 Å². The predicted molar refractivity (Wildman–Crippen MR) is 186 cm³/mol. The number of hydrogen-bond donors (Lipinski definition) is 1. The molecule has 5 heteroatoms. The molecule has 0 radical (unpaired) electrons. The number of esters is 1. The summed E-state index contributed by atoms with van der Waals surface area (Å²) in [5.74, 6) is -0.147. The smallest absolute Gasteiger partial charge is 0.364 e. The maximum Gasteiger partial charge on any atom is 0.364 e. The van der Waals surface area contributed by atoms with Gasteiger partial charge in [-0.25, -0.2) is 14.8 Å². The molecule has 0 aliphatic carbocycles. The minimum absolute atomic E-state index is 0.0550. The summed E-state index contributed by atoms with van der Waals surface area (Å²) in [4.78, 5) is 25.2. The molecule has 0 aromatic heterocycles. The normalized spacial score (nSPS) is 12.7. The molecule has 256 valence electrons. The van der Waals surface area contributed by atoms with Gasteiger partial charge in [-0.2, -0.15) is 0 Å². The summed E-state index contributed by atoms with van der Waals surface area (Å²) in [6, 6.07) is 0. The molecule has 0 saturated heterocycles. The molecule has 0 aliphatic rings. The summed E-state index contributed by atoms with van der Waals surface area (Å²) in [5.41, 5.74) is 3.12. The Balaban J connectivity index is 3.77. The van der Waals surface area contributed by atoms with Gasteiger partial charge in [0.2, 0.25) is 0 Å². The molecule has 1 amide bonds. The first-order valence-corrected chi connectivity index (χ1v) is 19.3. The molecule has 43 heavy (non-hydrogen) atoms. The summed E-state index contributed by atoms with van der Waals surface area (Å²) in [6.07, 6.45) is 36.9. The first-order valence-electron chi connectivity index (χ1n) is 19.3. The molecule has 1 atom stereocenters. The molecule has 0 heterocycles. The Bertz CT molecular complexity index is 612. The van der Waals surface area contributed by atoms with Crippen molar-refractivity contribution in [2.24, 2.45) is 0 Å². The zero-order valence-corrected chi connectivity index (χ0v) is 29.8. The molecule has 1 N–H and O–H groups in total. The molecule has 0 spiro atoms. The van der Waals surface area contributed by atoms with E-state index < -0.39 is 0 Å². The third-order valence-electron chi connectivity index (χ3n) is 8.86. The Kier molecular flexibility index (Phi) is 31.5. The lowest BCUT2D eigenvalue weighted by atomic mass is 10.0. The number of ether oxygens (including phenoxy) is 1. The van der Waals surface area contributed by atoms with Crippen LogP contribution in [0.3, 0.4) is 0 Å². The lowest BCUT2D eigenvalue weighted by Gasteiger charge is -2.32. The highest BCUT2D eigenvalue weighted by Gasteiger charge is 2.28. The number of carbonyl (C=O) groups is 2. The van der Waals surface area contributed by atoms with Crippen molar-refractivity contribution in [1.29, 1.82) is 0 Å². The van der Waals surface area contributed by atoms with Crippen LogP contribution in [-0.2, 0) is 14.3 Å². The zero-order chi connectivity index (χ0) is 31.7. The van der Waals surface area contributed by atoms with Crippen molar-refractivity contribution in [3.05, 3.63) is 0 Å². The Morgan fingerprint density at radius 3 is 1.21 bits per heavy atom. The van der Waals surface area contributed by atoms with Gasteiger partial charge in [-0.3, -0.25) is 4.79 Å². The van der Waals surface area contributed by atoms with Gasteiger partial charge >= 0.3 is 5.97 Å². The van der Waals surface area contributed by atoms with Gasteiger partial charge in [-0.15, -0.1) is 0 Å². The van der Waals surface area contributed by atoms with Gasteiger partial charge in [-0.1, -0.05) is 181 Å². The predicted octanol–water partition coefficient (Wildman–Crippen LogP) is 11.4. The molecule has 0 aliphatic heterocycles. The first kappa shape index (κ1) is 41.9. The van der Waals surface area contributed by atoms with Crippen LogP contribution in [0.4, 0.5) is 0 Å². The van der Waals surface area contributed by atoms with Crippen molar-refractivity contribution in [2.45, 2.75) is 207 Å². The van der Waals surface area contributed by atoms with Gasteiger partial charge in [0.1, 0.15) is 6.54 Å². The monoisotopic (exact) mass is 610 g/mol. The van der Waals surface area contributed by atoms with Gasteiger partial charge in [0, 0.05) is 6.42 Å². The number of unbranched alkanes of at least 4 members (excludes halogenated alkanes) is 25. The molecule has 0 rings (SSSR count). The van der Waals surface area contributed by atoms with Crippen LogP contribution in [0.15, 0.2) is 0 Å². The summed E-state index contributed by atoms with van der Waals surface area (Å²) >= 11 is 0. The number of nitrogens with zero attached hydrogens (tertiary/aromatic N) is 1. The van der Waals surface area contributed by atoms with Crippen molar-refractivity contribution in [3.8, 4) is 0 Å². The van der Waals surface area contributed by atoms with Crippen LogP contribution in [0.25, 0.3) is 0 Å². The van der Waals surface area contributed by atoms with E-state index in [1.807, 2.05) is 7.05 Å². The van der Waals surface area contributed by atoms with E-state index in [-0.39, 0.29) is 23.0 Å². The Labute approximate surface area is 269 Å². The van der Waals surface area contributed by atoms with Gasteiger partial charge in [0.15, 0.2) is 6.54 Å². The maximum absolute atomic E-state index is 12.7.